The number of carbonyl (C=O) groups excluding carboxylic acids is 1. The highest BCUT2D eigenvalue weighted by Crippen LogP contribution is 2.32. The van der Waals surface area contributed by atoms with Gasteiger partial charge in [-0.15, -0.1) is 0 Å². The maximum absolute atomic E-state index is 12.6. The number of aromatic nitrogens is 4. The lowest BCUT2D eigenvalue weighted by molar-refractivity contribution is -0.132. The van der Waals surface area contributed by atoms with Crippen LogP contribution in [0.1, 0.15) is 36.8 Å². The minimum absolute atomic E-state index is 0.101. The number of likely N-dealkylation sites (tertiary alicyclic amines) is 1. The largest absolute Gasteiger partial charge is 0.461 e. The molecule has 4 rings (SSSR count). The van der Waals surface area contributed by atoms with Crippen molar-refractivity contribution in [2.24, 2.45) is 7.05 Å². The molecule has 1 aliphatic heterocycles. The van der Waals surface area contributed by atoms with Gasteiger partial charge in [-0.05, 0) is 25.0 Å². The highest BCUT2D eigenvalue weighted by atomic mass is 16.5. The molecule has 1 atom stereocenters. The predicted octanol–water partition coefficient (Wildman–Crippen LogP) is 2.36. The normalized spacial score (nSPS) is 17.3. The van der Waals surface area contributed by atoms with Crippen LogP contribution in [0.5, 0.6) is 0 Å². The lowest BCUT2D eigenvalue weighted by atomic mass is 10.1. The molecule has 130 valence electrons. The van der Waals surface area contributed by atoms with E-state index in [4.69, 9.17) is 8.94 Å². The molecule has 0 unspecified atom stereocenters. The number of amides is 1. The Morgan fingerprint density at radius 2 is 2.36 bits per heavy atom. The Balaban J connectivity index is 1.38. The first-order chi connectivity index (χ1) is 12.2. The third kappa shape index (κ3) is 3.19. The molecule has 0 N–H and O–H groups in total. The zero-order valence-electron chi connectivity index (χ0n) is 14.0. The molecule has 0 saturated carbocycles. The summed E-state index contributed by atoms with van der Waals surface area (Å²) in [4.78, 5) is 18.8. The van der Waals surface area contributed by atoms with Crippen LogP contribution in [-0.4, -0.2) is 37.3 Å². The molecule has 0 aromatic carbocycles. The smallest absolute Gasteiger partial charge is 0.238 e. The molecule has 0 radical (unpaired) electrons. The van der Waals surface area contributed by atoms with Crippen molar-refractivity contribution in [2.75, 3.05) is 6.54 Å². The van der Waals surface area contributed by atoms with E-state index in [9.17, 15) is 4.79 Å². The summed E-state index contributed by atoms with van der Waals surface area (Å²) < 4.78 is 12.2. The van der Waals surface area contributed by atoms with E-state index in [2.05, 4.69) is 15.2 Å². The Bertz CT molecular complexity index is 851. The monoisotopic (exact) mass is 341 g/mol. The molecule has 0 spiro atoms. The van der Waals surface area contributed by atoms with Crippen LogP contribution < -0.4 is 0 Å². The average Bonchev–Trinajstić information content (AvgIpc) is 3.38. The van der Waals surface area contributed by atoms with Crippen LogP contribution in [0, 0.1) is 0 Å². The number of carbonyl (C=O) groups is 1. The molecule has 8 nitrogen and oxygen atoms in total. The van der Waals surface area contributed by atoms with Crippen molar-refractivity contribution < 1.29 is 13.7 Å². The van der Waals surface area contributed by atoms with Gasteiger partial charge >= 0.3 is 0 Å². The van der Waals surface area contributed by atoms with Crippen LogP contribution in [0.3, 0.4) is 0 Å². The molecular weight excluding hydrogens is 322 g/mol. The van der Waals surface area contributed by atoms with E-state index in [0.29, 0.717) is 30.3 Å². The molecule has 0 aliphatic carbocycles. The van der Waals surface area contributed by atoms with E-state index >= 15 is 0 Å². The van der Waals surface area contributed by atoms with Crippen LogP contribution >= 0.6 is 0 Å². The number of rotatable bonds is 5. The summed E-state index contributed by atoms with van der Waals surface area (Å²) in [7, 11) is 1.89. The summed E-state index contributed by atoms with van der Waals surface area (Å²) in [5.74, 6) is 1.50. The molecule has 4 heterocycles. The molecular formula is C17H19N5O3. The van der Waals surface area contributed by atoms with Crippen molar-refractivity contribution in [2.45, 2.75) is 31.7 Å². The van der Waals surface area contributed by atoms with Gasteiger partial charge in [-0.3, -0.25) is 9.48 Å². The maximum atomic E-state index is 12.6. The van der Waals surface area contributed by atoms with Crippen molar-refractivity contribution >= 4 is 5.91 Å². The first-order valence-electron chi connectivity index (χ1n) is 8.35. The van der Waals surface area contributed by atoms with E-state index in [1.807, 2.05) is 24.3 Å². The summed E-state index contributed by atoms with van der Waals surface area (Å²) in [6.45, 7) is 0.778. The Morgan fingerprint density at radius 1 is 1.44 bits per heavy atom. The van der Waals surface area contributed by atoms with Gasteiger partial charge in [-0.1, -0.05) is 5.16 Å². The summed E-state index contributed by atoms with van der Waals surface area (Å²) in [6, 6.07) is 3.64. The van der Waals surface area contributed by atoms with Crippen LogP contribution in [-0.2, 0) is 18.3 Å². The number of nitrogens with zero attached hydrogens (tertiary/aromatic N) is 5. The summed E-state index contributed by atoms with van der Waals surface area (Å²) in [5.41, 5.74) is 1.09. The predicted molar refractivity (Wildman–Crippen MR) is 87.2 cm³/mol. The Hall–Kier alpha value is -2.90. The lowest BCUT2D eigenvalue weighted by Gasteiger charge is -2.23. The van der Waals surface area contributed by atoms with Gasteiger partial charge in [0, 0.05) is 38.2 Å². The third-order valence-corrected chi connectivity index (χ3v) is 4.45. The molecule has 3 aromatic rings. The minimum Gasteiger partial charge on any atom is -0.461 e. The molecule has 1 amide bonds. The molecule has 25 heavy (non-hydrogen) atoms. The van der Waals surface area contributed by atoms with Crippen molar-refractivity contribution in [1.82, 2.24) is 24.8 Å². The van der Waals surface area contributed by atoms with E-state index in [1.54, 1.807) is 23.1 Å². The van der Waals surface area contributed by atoms with Crippen LogP contribution in [0.4, 0.5) is 0 Å². The SMILES string of the molecule is Cn1cc([C@@H]2CCCN2C(=O)CCc2nc(-c3ccco3)no2)cn1. The average molecular weight is 341 g/mol. The van der Waals surface area contributed by atoms with Gasteiger partial charge < -0.3 is 13.8 Å². The summed E-state index contributed by atoms with van der Waals surface area (Å²) in [6.07, 6.45) is 8.11. The van der Waals surface area contributed by atoms with E-state index in [1.165, 1.54) is 0 Å². The molecule has 1 saturated heterocycles. The molecule has 0 bridgehead atoms. The zero-order chi connectivity index (χ0) is 17.2. The van der Waals surface area contributed by atoms with Crippen LogP contribution in [0.15, 0.2) is 39.7 Å². The highest BCUT2D eigenvalue weighted by molar-refractivity contribution is 5.77. The number of hydrogen-bond acceptors (Lipinski definition) is 6. The highest BCUT2D eigenvalue weighted by Gasteiger charge is 2.30. The fraction of sp³-hybridized carbons (Fsp3) is 0.412. The van der Waals surface area contributed by atoms with Gasteiger partial charge in [0.05, 0.1) is 18.5 Å². The van der Waals surface area contributed by atoms with Crippen LogP contribution in [0.25, 0.3) is 11.6 Å². The van der Waals surface area contributed by atoms with Gasteiger partial charge in [0.15, 0.2) is 5.76 Å². The van der Waals surface area contributed by atoms with E-state index < -0.39 is 0 Å². The number of aryl methyl sites for hydroxylation is 2. The van der Waals surface area contributed by atoms with Gasteiger partial charge in [-0.25, -0.2) is 0 Å². The van der Waals surface area contributed by atoms with Crippen molar-refractivity contribution in [3.05, 3.63) is 42.2 Å². The second-order valence-electron chi connectivity index (χ2n) is 6.18. The molecule has 1 aliphatic rings. The Labute approximate surface area is 144 Å². The van der Waals surface area contributed by atoms with Gasteiger partial charge in [0.25, 0.3) is 0 Å². The maximum Gasteiger partial charge on any atom is 0.238 e. The van der Waals surface area contributed by atoms with E-state index in [0.717, 1.165) is 24.9 Å². The third-order valence-electron chi connectivity index (χ3n) is 4.45. The minimum atomic E-state index is 0.101. The first kappa shape index (κ1) is 15.6. The van der Waals surface area contributed by atoms with Crippen molar-refractivity contribution in [3.8, 4) is 11.6 Å². The second kappa shape index (κ2) is 6.54. The topological polar surface area (TPSA) is 90.2 Å². The lowest BCUT2D eigenvalue weighted by Crippen LogP contribution is -2.30. The first-order valence-corrected chi connectivity index (χ1v) is 8.35. The zero-order valence-corrected chi connectivity index (χ0v) is 14.0. The number of hydrogen-bond donors (Lipinski definition) is 0. The summed E-state index contributed by atoms with van der Waals surface area (Å²) in [5, 5.41) is 8.10. The molecule has 1 fully saturated rings. The second-order valence-corrected chi connectivity index (χ2v) is 6.18. The van der Waals surface area contributed by atoms with Crippen molar-refractivity contribution in [3.63, 3.8) is 0 Å². The van der Waals surface area contributed by atoms with Gasteiger partial charge in [0.1, 0.15) is 0 Å². The molecule has 3 aromatic heterocycles. The Morgan fingerprint density at radius 3 is 3.12 bits per heavy atom. The van der Waals surface area contributed by atoms with Gasteiger partial charge in [-0.2, -0.15) is 10.1 Å². The van der Waals surface area contributed by atoms with Crippen LogP contribution in [0.2, 0.25) is 0 Å². The standard InChI is InChI=1S/C17H19N5O3/c1-21-11-12(10-18-21)13-4-2-8-22(13)16(23)7-6-15-19-17(20-25-15)14-5-3-9-24-14/h3,5,9-11,13H,2,4,6-8H2,1H3/t13-/m0/s1. The fourth-order valence-corrected chi connectivity index (χ4v) is 3.24. The van der Waals surface area contributed by atoms with Crippen molar-refractivity contribution in [1.29, 1.82) is 0 Å². The number of furan rings is 1. The van der Waals surface area contributed by atoms with E-state index in [-0.39, 0.29) is 11.9 Å². The quantitative estimate of drug-likeness (QED) is 0.707. The van der Waals surface area contributed by atoms with Gasteiger partial charge in [0.2, 0.25) is 17.6 Å². The fourth-order valence-electron chi connectivity index (χ4n) is 3.24. The Kier molecular flexibility index (Phi) is 4.09. The summed E-state index contributed by atoms with van der Waals surface area (Å²) >= 11 is 0. The molecule has 8 heteroatoms.